The fraction of sp³-hybridized carbons (Fsp3) is 0.647. The normalized spacial score (nSPS) is 21.3. The molecule has 0 spiro atoms. The van der Waals surface area contributed by atoms with E-state index in [2.05, 4.69) is 57.1 Å². The minimum atomic E-state index is 0.469. The third-order valence-corrected chi connectivity index (χ3v) is 5.21. The minimum absolute atomic E-state index is 0.469. The van der Waals surface area contributed by atoms with Gasteiger partial charge in [0.25, 0.3) is 0 Å². The van der Waals surface area contributed by atoms with E-state index in [9.17, 15) is 0 Å². The quantitative estimate of drug-likeness (QED) is 0.665. The van der Waals surface area contributed by atoms with Crippen molar-refractivity contribution >= 4 is 31.9 Å². The van der Waals surface area contributed by atoms with Gasteiger partial charge in [0, 0.05) is 22.6 Å². The van der Waals surface area contributed by atoms with Gasteiger partial charge in [0.1, 0.15) is 5.75 Å². The zero-order chi connectivity index (χ0) is 15.5. The first-order chi connectivity index (χ1) is 9.91. The van der Waals surface area contributed by atoms with Crippen molar-refractivity contribution in [1.29, 1.82) is 0 Å². The molecule has 0 radical (unpaired) electrons. The summed E-state index contributed by atoms with van der Waals surface area (Å²) in [6, 6.07) is 4.80. The lowest BCUT2D eigenvalue weighted by atomic mass is 9.75. The van der Waals surface area contributed by atoms with Crippen LogP contribution < -0.4 is 10.1 Å². The molecule has 0 bridgehead atoms. The fourth-order valence-corrected chi connectivity index (χ4v) is 4.61. The van der Waals surface area contributed by atoms with Crippen LogP contribution in [0.2, 0.25) is 0 Å². The van der Waals surface area contributed by atoms with Crippen LogP contribution in [0.15, 0.2) is 21.1 Å². The smallest absolute Gasteiger partial charge is 0.138 e. The van der Waals surface area contributed by atoms with Gasteiger partial charge in [-0.25, -0.2) is 0 Å². The summed E-state index contributed by atoms with van der Waals surface area (Å²) in [7, 11) is 0. The first kappa shape index (κ1) is 17.3. The number of ether oxygens (including phenoxy) is 1. The van der Waals surface area contributed by atoms with Crippen molar-refractivity contribution in [3.05, 3.63) is 26.6 Å². The number of hydrogen-bond donors (Lipinski definition) is 1. The van der Waals surface area contributed by atoms with Crippen molar-refractivity contribution in [2.45, 2.75) is 59.0 Å². The number of hydrogen-bond acceptors (Lipinski definition) is 2. The molecule has 0 saturated heterocycles. The summed E-state index contributed by atoms with van der Waals surface area (Å²) in [6.45, 7) is 8.32. The molecule has 0 amide bonds. The lowest BCUT2D eigenvalue weighted by molar-refractivity contribution is 0.197. The standard InChI is InChI=1S/C17H25Br2NO/c1-4-21-16-12(8-13(18)9-15(16)19)11-20-14-6-5-7-17(2,3)10-14/h8-9,14,20H,4-7,10-11H2,1-3H3. The average Bonchev–Trinajstić information content (AvgIpc) is 2.39. The Balaban J connectivity index is 2.05. The highest BCUT2D eigenvalue weighted by Gasteiger charge is 2.27. The summed E-state index contributed by atoms with van der Waals surface area (Å²) in [6.07, 6.45) is 5.21. The Morgan fingerprint density at radius 2 is 2.10 bits per heavy atom. The summed E-state index contributed by atoms with van der Waals surface area (Å²) < 4.78 is 7.89. The number of benzene rings is 1. The fourth-order valence-electron chi connectivity index (χ4n) is 3.18. The molecule has 1 atom stereocenters. The highest BCUT2D eigenvalue weighted by atomic mass is 79.9. The molecule has 1 aromatic carbocycles. The largest absolute Gasteiger partial charge is 0.492 e. The molecule has 118 valence electrons. The molecule has 0 aromatic heterocycles. The predicted molar refractivity (Wildman–Crippen MR) is 95.9 cm³/mol. The molecule has 4 heteroatoms. The van der Waals surface area contributed by atoms with E-state index in [0.717, 1.165) is 21.2 Å². The number of halogens is 2. The van der Waals surface area contributed by atoms with Crippen molar-refractivity contribution < 1.29 is 4.74 Å². The van der Waals surface area contributed by atoms with Crippen LogP contribution in [-0.2, 0) is 6.54 Å². The van der Waals surface area contributed by atoms with Gasteiger partial charge in [-0.2, -0.15) is 0 Å². The molecular weight excluding hydrogens is 394 g/mol. The van der Waals surface area contributed by atoms with Crippen LogP contribution >= 0.6 is 31.9 Å². The molecule has 1 N–H and O–H groups in total. The summed E-state index contributed by atoms with van der Waals surface area (Å²) >= 11 is 7.17. The third kappa shape index (κ3) is 4.97. The van der Waals surface area contributed by atoms with Crippen LogP contribution in [0, 0.1) is 5.41 Å². The monoisotopic (exact) mass is 417 g/mol. The van der Waals surface area contributed by atoms with Gasteiger partial charge in [-0.15, -0.1) is 0 Å². The Labute approximate surface area is 145 Å². The highest BCUT2D eigenvalue weighted by Crippen LogP contribution is 2.36. The zero-order valence-electron chi connectivity index (χ0n) is 13.1. The molecule has 21 heavy (non-hydrogen) atoms. The van der Waals surface area contributed by atoms with Gasteiger partial charge in [0.15, 0.2) is 0 Å². The van der Waals surface area contributed by atoms with Gasteiger partial charge in [0.2, 0.25) is 0 Å². The van der Waals surface area contributed by atoms with E-state index in [0.29, 0.717) is 18.1 Å². The Bertz CT molecular complexity index is 488. The first-order valence-corrected chi connectivity index (χ1v) is 9.34. The lowest BCUT2D eigenvalue weighted by Crippen LogP contribution is -2.36. The van der Waals surface area contributed by atoms with E-state index >= 15 is 0 Å². The van der Waals surface area contributed by atoms with Crippen LogP contribution in [0.25, 0.3) is 0 Å². The third-order valence-electron chi connectivity index (χ3n) is 4.16. The maximum Gasteiger partial charge on any atom is 0.138 e. The summed E-state index contributed by atoms with van der Waals surface area (Å²) in [5.74, 6) is 0.961. The van der Waals surface area contributed by atoms with Gasteiger partial charge < -0.3 is 10.1 Å². The van der Waals surface area contributed by atoms with E-state index in [-0.39, 0.29) is 0 Å². The van der Waals surface area contributed by atoms with Gasteiger partial charge in [-0.05, 0) is 59.7 Å². The predicted octanol–water partition coefficient (Wildman–Crippen LogP) is 5.67. The van der Waals surface area contributed by atoms with Crippen LogP contribution in [0.3, 0.4) is 0 Å². The van der Waals surface area contributed by atoms with Gasteiger partial charge in [-0.3, -0.25) is 0 Å². The molecular formula is C17H25Br2NO. The Morgan fingerprint density at radius 1 is 1.33 bits per heavy atom. The topological polar surface area (TPSA) is 21.3 Å². The van der Waals surface area contributed by atoms with E-state index in [1.165, 1.54) is 31.2 Å². The second kappa shape index (κ2) is 7.47. The van der Waals surface area contributed by atoms with Crippen LogP contribution in [-0.4, -0.2) is 12.6 Å². The molecule has 2 nitrogen and oxygen atoms in total. The molecule has 2 rings (SSSR count). The van der Waals surface area contributed by atoms with Crippen molar-refractivity contribution in [3.63, 3.8) is 0 Å². The zero-order valence-corrected chi connectivity index (χ0v) is 16.3. The molecule has 1 aromatic rings. The molecule has 1 unspecified atom stereocenters. The van der Waals surface area contributed by atoms with Crippen LogP contribution in [0.4, 0.5) is 0 Å². The van der Waals surface area contributed by atoms with Gasteiger partial charge >= 0.3 is 0 Å². The van der Waals surface area contributed by atoms with Gasteiger partial charge in [-0.1, -0.05) is 36.2 Å². The van der Waals surface area contributed by atoms with E-state index in [1.54, 1.807) is 0 Å². The maximum atomic E-state index is 5.80. The second-order valence-electron chi connectivity index (χ2n) is 6.65. The molecule has 0 aliphatic heterocycles. The van der Waals surface area contributed by atoms with E-state index in [4.69, 9.17) is 4.74 Å². The van der Waals surface area contributed by atoms with E-state index in [1.807, 2.05) is 13.0 Å². The summed E-state index contributed by atoms with van der Waals surface area (Å²) in [4.78, 5) is 0. The average molecular weight is 419 g/mol. The highest BCUT2D eigenvalue weighted by molar-refractivity contribution is 9.11. The Morgan fingerprint density at radius 3 is 2.76 bits per heavy atom. The van der Waals surface area contributed by atoms with Crippen LogP contribution in [0.5, 0.6) is 5.75 Å². The first-order valence-electron chi connectivity index (χ1n) is 7.75. The second-order valence-corrected chi connectivity index (χ2v) is 8.42. The summed E-state index contributed by atoms with van der Waals surface area (Å²) in [5.41, 5.74) is 1.68. The Hall–Kier alpha value is -0.0600. The molecule has 1 aliphatic carbocycles. The SMILES string of the molecule is CCOc1c(Br)cc(Br)cc1CNC1CCCC(C)(C)C1. The number of nitrogens with one attached hydrogen (secondary N) is 1. The van der Waals surface area contributed by atoms with Crippen molar-refractivity contribution in [1.82, 2.24) is 5.32 Å². The Kier molecular flexibility index (Phi) is 6.15. The molecule has 1 fully saturated rings. The van der Waals surface area contributed by atoms with Crippen molar-refractivity contribution in [2.75, 3.05) is 6.61 Å². The van der Waals surface area contributed by atoms with Crippen molar-refractivity contribution in [2.24, 2.45) is 5.41 Å². The molecule has 1 saturated carbocycles. The maximum absolute atomic E-state index is 5.80. The van der Waals surface area contributed by atoms with Crippen LogP contribution in [0.1, 0.15) is 52.0 Å². The summed E-state index contributed by atoms with van der Waals surface area (Å²) in [5, 5.41) is 3.73. The molecule has 0 heterocycles. The van der Waals surface area contributed by atoms with E-state index < -0.39 is 0 Å². The van der Waals surface area contributed by atoms with Crippen molar-refractivity contribution in [3.8, 4) is 5.75 Å². The molecule has 1 aliphatic rings. The lowest BCUT2D eigenvalue weighted by Gasteiger charge is -2.35. The van der Waals surface area contributed by atoms with Gasteiger partial charge in [0.05, 0.1) is 11.1 Å². The number of rotatable bonds is 5. The minimum Gasteiger partial charge on any atom is -0.492 e.